The van der Waals surface area contributed by atoms with Crippen LogP contribution in [0.5, 0.6) is 0 Å². The Morgan fingerprint density at radius 2 is 1.01 bits per heavy atom. The molecule has 0 atom stereocenters. The van der Waals surface area contributed by atoms with Crippen LogP contribution in [0.3, 0.4) is 0 Å². The summed E-state index contributed by atoms with van der Waals surface area (Å²) in [6.45, 7) is 19.9. The van der Waals surface area contributed by atoms with Gasteiger partial charge in [0.2, 0.25) is 0 Å². The number of aromatic nitrogens is 1. The van der Waals surface area contributed by atoms with Gasteiger partial charge in [0.15, 0.2) is 0 Å². The maximum atomic E-state index is 2.67. The molecule has 0 radical (unpaired) electrons. The van der Waals surface area contributed by atoms with E-state index in [4.69, 9.17) is 0 Å². The van der Waals surface area contributed by atoms with Gasteiger partial charge in [0.05, 0.1) is 22.6 Å². The van der Waals surface area contributed by atoms with Gasteiger partial charge in [0, 0.05) is 53.3 Å². The fraction of sp³-hybridized carbons (Fsp3) is 0.246. The molecule has 72 heavy (non-hydrogen) atoms. The van der Waals surface area contributed by atoms with E-state index in [2.05, 4.69) is 240 Å². The highest BCUT2D eigenvalue weighted by atomic mass is 32.1. The van der Waals surface area contributed by atoms with Crippen molar-refractivity contribution in [2.45, 2.75) is 112 Å². The Morgan fingerprint density at radius 3 is 1.67 bits per heavy atom. The van der Waals surface area contributed by atoms with Gasteiger partial charge in [0.1, 0.15) is 0 Å². The zero-order valence-corrected chi connectivity index (χ0v) is 44.8. The largest absolute Gasteiger partial charge is 0.338 e. The van der Waals surface area contributed by atoms with E-state index in [0.29, 0.717) is 6.04 Å². The molecule has 1 aliphatic rings. The van der Waals surface area contributed by atoms with Crippen LogP contribution in [0.15, 0.2) is 182 Å². The van der Waals surface area contributed by atoms with Gasteiger partial charge in [-0.2, -0.15) is 0 Å². The highest BCUT2D eigenvalue weighted by molar-refractivity contribution is 7.26. The molecule has 0 aliphatic heterocycles. The number of hydrogen-bond donors (Lipinski definition) is 0. The van der Waals surface area contributed by atoms with Crippen LogP contribution in [0.4, 0.5) is 17.1 Å². The van der Waals surface area contributed by atoms with Gasteiger partial charge < -0.3 is 9.47 Å². The van der Waals surface area contributed by atoms with E-state index >= 15 is 0 Å². The molecule has 3 heteroatoms. The van der Waals surface area contributed by atoms with Crippen LogP contribution >= 0.6 is 11.3 Å². The minimum atomic E-state index is -0.0477. The van der Waals surface area contributed by atoms with Crippen molar-refractivity contribution < 1.29 is 0 Å². The molecule has 2 aromatic heterocycles. The number of nitrogens with zero attached hydrogens (tertiary/aromatic N) is 2. The van der Waals surface area contributed by atoms with E-state index in [9.17, 15) is 0 Å². The van der Waals surface area contributed by atoms with Gasteiger partial charge in [-0.25, -0.2) is 0 Å². The minimum Gasteiger partial charge on any atom is -0.338 e. The lowest BCUT2D eigenvalue weighted by molar-refractivity contribution is 0.414. The first kappa shape index (κ1) is 48.7. The predicted octanol–water partition coefficient (Wildman–Crippen LogP) is 21.3. The van der Waals surface area contributed by atoms with Gasteiger partial charge in [-0.1, -0.05) is 198 Å². The Morgan fingerprint density at radius 1 is 0.472 bits per heavy atom. The third-order valence-corrected chi connectivity index (χ3v) is 16.5. The van der Waals surface area contributed by atoms with Gasteiger partial charge in [-0.3, -0.25) is 0 Å². The minimum absolute atomic E-state index is 0.0477. The number of unbranched alkanes of at least 4 members (excludes halogenated alkanes) is 2. The van der Waals surface area contributed by atoms with Crippen LogP contribution in [0.1, 0.15) is 114 Å². The van der Waals surface area contributed by atoms with Crippen molar-refractivity contribution >= 4 is 81.1 Å². The van der Waals surface area contributed by atoms with E-state index in [1.807, 2.05) is 25.2 Å². The fourth-order valence-electron chi connectivity index (χ4n) is 12.1. The molecule has 0 spiro atoms. The lowest BCUT2D eigenvalue weighted by atomic mass is 9.70. The molecule has 0 N–H and O–H groups in total. The second kappa shape index (κ2) is 20.7. The van der Waals surface area contributed by atoms with Crippen LogP contribution in [-0.4, -0.2) is 4.57 Å². The van der Waals surface area contributed by atoms with E-state index < -0.39 is 0 Å². The Balaban J connectivity index is 0.000000319. The first-order valence-electron chi connectivity index (χ1n) is 26.8. The maximum Gasteiger partial charge on any atom is 0.0562 e. The summed E-state index contributed by atoms with van der Waals surface area (Å²) in [5, 5.41) is 7.89. The molecular formula is C69H70N2S. The second-order valence-electron chi connectivity index (χ2n) is 20.1. The number of anilines is 3. The molecule has 2 heterocycles. The highest BCUT2D eigenvalue weighted by Crippen LogP contribution is 2.59. The normalized spacial score (nSPS) is 12.5. The van der Waals surface area contributed by atoms with Crippen molar-refractivity contribution in [1.82, 2.24) is 4.57 Å². The number of hydrogen-bond acceptors (Lipinski definition) is 2. The monoisotopic (exact) mass is 959 g/mol. The zero-order chi connectivity index (χ0) is 50.1. The summed E-state index contributed by atoms with van der Waals surface area (Å²) in [6.07, 6.45) is 7.10. The molecule has 1 aliphatic carbocycles. The van der Waals surface area contributed by atoms with E-state index in [1.54, 1.807) is 0 Å². The first-order chi connectivity index (χ1) is 35.2. The molecular weight excluding hydrogens is 889 g/mol. The lowest BCUT2D eigenvalue weighted by Crippen LogP contribution is -2.26. The zero-order valence-electron chi connectivity index (χ0n) is 43.9. The molecule has 12 rings (SSSR count). The standard InChI is InChI=1S/C53H50N2S.C14H14.C2H6/c1-6-8-30-53(31-9-7-2)41-32-35(5)28-29-38(41)50-37-19-11-10-18-36(37)47(33-42(50)53)55(46-25-17-27-49-52(46)40-21-13-15-26-48(40)56-49)45-24-16-23-44-51(45)39-20-12-14-22-43(39)54(44)34(3)4;1-11-7-3-5-9-13(11)14-10-6-4-8-12(14)2;1-2/h10-29,32-34H,6-9,30-31H2,1-5H3;3-10H,1-2H3;1-2H3. The average Bonchev–Trinajstić information content (AvgIpc) is 4.05. The lowest BCUT2D eigenvalue weighted by Gasteiger charge is -2.35. The number of rotatable bonds is 11. The van der Waals surface area contributed by atoms with Crippen LogP contribution < -0.4 is 4.90 Å². The summed E-state index contributed by atoms with van der Waals surface area (Å²) in [7, 11) is 0. The van der Waals surface area contributed by atoms with Crippen LogP contribution in [0.2, 0.25) is 0 Å². The number of benzene rings is 9. The molecule has 0 saturated heterocycles. The third-order valence-electron chi connectivity index (χ3n) is 15.3. The second-order valence-corrected chi connectivity index (χ2v) is 21.2. The molecule has 362 valence electrons. The number of para-hydroxylation sites is 1. The summed E-state index contributed by atoms with van der Waals surface area (Å²) in [5.74, 6) is 0. The summed E-state index contributed by atoms with van der Waals surface area (Å²) in [4.78, 5) is 2.67. The van der Waals surface area contributed by atoms with Crippen molar-refractivity contribution in [1.29, 1.82) is 0 Å². The van der Waals surface area contributed by atoms with Crippen LogP contribution in [0, 0.1) is 20.8 Å². The van der Waals surface area contributed by atoms with E-state index in [-0.39, 0.29) is 5.41 Å². The molecule has 2 nitrogen and oxygen atoms in total. The highest BCUT2D eigenvalue weighted by Gasteiger charge is 2.44. The Labute approximate surface area is 432 Å². The first-order valence-corrected chi connectivity index (χ1v) is 27.6. The van der Waals surface area contributed by atoms with E-state index in [0.717, 1.165) is 12.8 Å². The Hall–Kier alpha value is -6.94. The average molecular weight is 959 g/mol. The summed E-state index contributed by atoms with van der Waals surface area (Å²) < 4.78 is 5.18. The van der Waals surface area contributed by atoms with Crippen molar-refractivity contribution in [3.8, 4) is 22.3 Å². The smallest absolute Gasteiger partial charge is 0.0562 e. The third kappa shape index (κ3) is 8.30. The quantitative estimate of drug-likeness (QED) is 0.125. The molecule has 0 amide bonds. The van der Waals surface area contributed by atoms with Crippen molar-refractivity contribution in [3.63, 3.8) is 0 Å². The molecule has 0 saturated carbocycles. The Kier molecular flexibility index (Phi) is 14.0. The topological polar surface area (TPSA) is 8.17 Å². The molecule has 0 fully saturated rings. The van der Waals surface area contributed by atoms with Gasteiger partial charge in [-0.05, 0) is 140 Å². The molecule has 9 aromatic carbocycles. The predicted molar refractivity (Wildman–Crippen MR) is 318 cm³/mol. The summed E-state index contributed by atoms with van der Waals surface area (Å²) in [5.41, 5.74) is 18.9. The van der Waals surface area contributed by atoms with Gasteiger partial charge in [-0.15, -0.1) is 11.3 Å². The maximum absolute atomic E-state index is 2.67. The number of fused-ring (bicyclic) bond motifs is 11. The summed E-state index contributed by atoms with van der Waals surface area (Å²) >= 11 is 1.90. The molecule has 0 unspecified atom stereocenters. The fourth-order valence-corrected chi connectivity index (χ4v) is 13.2. The Bertz CT molecular complexity index is 3680. The van der Waals surface area contributed by atoms with Crippen LogP contribution in [-0.2, 0) is 5.41 Å². The molecule has 0 bridgehead atoms. The number of thiophene rings is 1. The number of aryl methyl sites for hydroxylation is 3. The van der Waals surface area contributed by atoms with Crippen molar-refractivity contribution in [3.05, 3.63) is 210 Å². The van der Waals surface area contributed by atoms with Gasteiger partial charge >= 0.3 is 0 Å². The van der Waals surface area contributed by atoms with Crippen LogP contribution in [0.25, 0.3) is 75.0 Å². The van der Waals surface area contributed by atoms with Gasteiger partial charge in [0.25, 0.3) is 0 Å². The van der Waals surface area contributed by atoms with Crippen molar-refractivity contribution in [2.75, 3.05) is 4.90 Å². The SMILES string of the molecule is CC.CCCCC1(CCCC)c2cc(C)ccc2-c2c1cc(N(c1cccc3sc4ccccc4c13)c1cccc3c1c1ccccc1n3C(C)C)c1ccccc21.Cc1ccccc1-c1ccccc1C. The van der Waals surface area contributed by atoms with E-state index in [1.165, 1.54) is 146 Å². The van der Waals surface area contributed by atoms with Crippen molar-refractivity contribution in [2.24, 2.45) is 0 Å². The molecule has 11 aromatic rings. The summed E-state index contributed by atoms with van der Waals surface area (Å²) in [6, 6.07) is 68.6.